The van der Waals surface area contributed by atoms with Crippen LogP contribution in [0.25, 0.3) is 0 Å². The number of rotatable bonds is 5. The van der Waals surface area contributed by atoms with Gasteiger partial charge in [0.25, 0.3) is 0 Å². The van der Waals surface area contributed by atoms with Gasteiger partial charge in [-0.15, -0.1) is 0 Å². The van der Waals surface area contributed by atoms with Crippen LogP contribution in [0.2, 0.25) is 0 Å². The molecule has 1 heterocycles. The molecule has 1 saturated heterocycles. The lowest BCUT2D eigenvalue weighted by molar-refractivity contribution is -0.155. The minimum Gasteiger partial charge on any atom is -0.389 e. The summed E-state index contributed by atoms with van der Waals surface area (Å²) in [7, 11) is 0. The maximum Gasteiger partial charge on any atom is 0.157 e. The van der Waals surface area contributed by atoms with Crippen molar-refractivity contribution in [2.75, 3.05) is 13.2 Å². The summed E-state index contributed by atoms with van der Waals surface area (Å²) in [6.45, 7) is 3.49. The fraction of sp³-hybridized carbons (Fsp3) is 0.625. The molecule has 1 N–H and O–H groups in total. The minimum absolute atomic E-state index is 0.0188. The van der Waals surface area contributed by atoms with Gasteiger partial charge in [0, 0.05) is 6.61 Å². The van der Waals surface area contributed by atoms with Crippen LogP contribution in [0.3, 0.4) is 0 Å². The van der Waals surface area contributed by atoms with Crippen molar-refractivity contribution in [2.45, 2.75) is 45.0 Å². The third-order valence-corrected chi connectivity index (χ3v) is 3.53. The van der Waals surface area contributed by atoms with E-state index in [1.54, 1.807) is 0 Å². The summed E-state index contributed by atoms with van der Waals surface area (Å²) in [4.78, 5) is 0. The second-order valence-electron chi connectivity index (χ2n) is 5.29. The van der Waals surface area contributed by atoms with Gasteiger partial charge in [0.15, 0.2) is 6.29 Å². The average Bonchev–Trinajstić information content (AvgIpc) is 2.83. The van der Waals surface area contributed by atoms with Gasteiger partial charge >= 0.3 is 0 Å². The highest BCUT2D eigenvalue weighted by atomic mass is 16.7. The fourth-order valence-corrected chi connectivity index (χ4v) is 2.32. The van der Waals surface area contributed by atoms with E-state index in [4.69, 9.17) is 9.47 Å². The molecule has 2 rings (SSSR count). The molecule has 0 radical (unpaired) electrons. The molecule has 1 aliphatic carbocycles. The van der Waals surface area contributed by atoms with Gasteiger partial charge in [0.2, 0.25) is 0 Å². The molecule has 0 aromatic carbocycles. The number of hydrogen-bond acceptors (Lipinski definition) is 3. The Balaban J connectivity index is 1.67. The summed E-state index contributed by atoms with van der Waals surface area (Å²) in [6.07, 6.45) is 14.1. The normalized spacial score (nSPS) is 32.3. The SMILES string of the molecule is CC(/C=C\C1C=C[C@@H](O)C1)=C\COC1CCCCO1. The Morgan fingerprint density at radius 2 is 2.32 bits per heavy atom. The zero-order chi connectivity index (χ0) is 13.5. The number of aliphatic hydroxyl groups is 1. The van der Waals surface area contributed by atoms with Crippen molar-refractivity contribution >= 4 is 0 Å². The second-order valence-corrected chi connectivity index (χ2v) is 5.29. The topological polar surface area (TPSA) is 38.7 Å². The largest absolute Gasteiger partial charge is 0.389 e. The first-order valence-electron chi connectivity index (χ1n) is 7.18. The van der Waals surface area contributed by atoms with Crippen molar-refractivity contribution in [3.05, 3.63) is 36.0 Å². The number of allylic oxidation sites excluding steroid dienone is 4. The van der Waals surface area contributed by atoms with Crippen LogP contribution in [-0.2, 0) is 9.47 Å². The number of hydrogen-bond donors (Lipinski definition) is 1. The van der Waals surface area contributed by atoms with Crippen molar-refractivity contribution < 1.29 is 14.6 Å². The molecular formula is C16H24O3. The van der Waals surface area contributed by atoms with Gasteiger partial charge in [0.05, 0.1) is 12.7 Å². The van der Waals surface area contributed by atoms with Crippen LogP contribution < -0.4 is 0 Å². The van der Waals surface area contributed by atoms with E-state index in [-0.39, 0.29) is 12.4 Å². The summed E-state index contributed by atoms with van der Waals surface area (Å²) >= 11 is 0. The fourth-order valence-electron chi connectivity index (χ4n) is 2.32. The first kappa shape index (κ1) is 14.5. The van der Waals surface area contributed by atoms with E-state index in [9.17, 15) is 5.11 Å². The minimum atomic E-state index is -0.272. The molecule has 2 unspecified atom stereocenters. The average molecular weight is 264 g/mol. The van der Waals surface area contributed by atoms with E-state index in [0.717, 1.165) is 25.9 Å². The zero-order valence-electron chi connectivity index (χ0n) is 11.6. The summed E-state index contributed by atoms with van der Waals surface area (Å²) in [5.74, 6) is 0.362. The van der Waals surface area contributed by atoms with Crippen LogP contribution in [0.4, 0.5) is 0 Å². The van der Waals surface area contributed by atoms with Crippen LogP contribution in [0.15, 0.2) is 36.0 Å². The van der Waals surface area contributed by atoms with Crippen LogP contribution in [0, 0.1) is 5.92 Å². The molecule has 0 bridgehead atoms. The Morgan fingerprint density at radius 1 is 1.42 bits per heavy atom. The predicted molar refractivity (Wildman–Crippen MR) is 75.7 cm³/mol. The zero-order valence-corrected chi connectivity index (χ0v) is 11.6. The molecule has 3 atom stereocenters. The molecule has 0 spiro atoms. The van der Waals surface area contributed by atoms with E-state index in [1.807, 2.05) is 6.08 Å². The molecule has 3 heteroatoms. The van der Waals surface area contributed by atoms with Crippen LogP contribution in [-0.4, -0.2) is 30.7 Å². The Hall–Kier alpha value is -0.900. The molecular weight excluding hydrogens is 240 g/mol. The van der Waals surface area contributed by atoms with Gasteiger partial charge in [-0.1, -0.05) is 36.0 Å². The van der Waals surface area contributed by atoms with Gasteiger partial charge in [-0.2, -0.15) is 0 Å². The molecule has 0 aromatic rings. The molecule has 19 heavy (non-hydrogen) atoms. The lowest BCUT2D eigenvalue weighted by atomic mass is 10.1. The number of ether oxygens (including phenoxy) is 2. The van der Waals surface area contributed by atoms with Gasteiger partial charge < -0.3 is 14.6 Å². The van der Waals surface area contributed by atoms with Crippen molar-refractivity contribution in [3.63, 3.8) is 0 Å². The molecule has 106 valence electrons. The lowest BCUT2D eigenvalue weighted by Gasteiger charge is -2.22. The second kappa shape index (κ2) is 7.63. The standard InChI is InChI=1S/C16H24O3/c1-13(5-6-14-7-8-15(17)12-14)9-11-19-16-4-2-3-10-18-16/h5-9,14-17H,2-4,10-12H2,1H3/b6-5-,13-9+/t14?,15-,16?/m1/s1. The highest BCUT2D eigenvalue weighted by molar-refractivity contribution is 5.20. The summed E-state index contributed by atoms with van der Waals surface area (Å²) < 4.78 is 11.2. The molecule has 1 fully saturated rings. The Kier molecular flexibility index (Phi) is 5.83. The third-order valence-electron chi connectivity index (χ3n) is 3.53. The van der Waals surface area contributed by atoms with E-state index < -0.39 is 0 Å². The van der Waals surface area contributed by atoms with E-state index >= 15 is 0 Å². The smallest absolute Gasteiger partial charge is 0.157 e. The maximum absolute atomic E-state index is 9.38. The van der Waals surface area contributed by atoms with E-state index in [2.05, 4.69) is 31.2 Å². The molecule has 0 saturated carbocycles. The van der Waals surface area contributed by atoms with Crippen LogP contribution >= 0.6 is 0 Å². The summed E-state index contributed by atoms with van der Waals surface area (Å²) in [6, 6.07) is 0. The molecule has 0 aromatic heterocycles. The van der Waals surface area contributed by atoms with Crippen molar-refractivity contribution in [3.8, 4) is 0 Å². The predicted octanol–water partition coefficient (Wildman–Crippen LogP) is 2.97. The van der Waals surface area contributed by atoms with Crippen molar-refractivity contribution in [1.82, 2.24) is 0 Å². The third kappa shape index (κ3) is 5.31. The summed E-state index contributed by atoms with van der Waals surface area (Å²) in [5.41, 5.74) is 1.19. The van der Waals surface area contributed by atoms with Gasteiger partial charge in [-0.3, -0.25) is 0 Å². The Morgan fingerprint density at radius 3 is 3.00 bits per heavy atom. The molecule has 2 aliphatic rings. The van der Waals surface area contributed by atoms with Gasteiger partial charge in [-0.05, 0) is 38.5 Å². The van der Waals surface area contributed by atoms with E-state index in [1.165, 1.54) is 12.0 Å². The summed E-state index contributed by atoms with van der Waals surface area (Å²) in [5, 5.41) is 9.38. The Labute approximate surface area is 115 Å². The van der Waals surface area contributed by atoms with Gasteiger partial charge in [0.1, 0.15) is 0 Å². The highest BCUT2D eigenvalue weighted by Crippen LogP contribution is 2.19. The Bertz CT molecular complexity index is 351. The number of aliphatic hydroxyl groups excluding tert-OH is 1. The van der Waals surface area contributed by atoms with Crippen LogP contribution in [0.1, 0.15) is 32.6 Å². The lowest BCUT2D eigenvalue weighted by Crippen LogP contribution is -2.22. The molecule has 0 amide bonds. The van der Waals surface area contributed by atoms with Crippen LogP contribution in [0.5, 0.6) is 0 Å². The van der Waals surface area contributed by atoms with Crippen molar-refractivity contribution in [1.29, 1.82) is 0 Å². The molecule has 3 nitrogen and oxygen atoms in total. The van der Waals surface area contributed by atoms with Crippen molar-refractivity contribution in [2.24, 2.45) is 5.92 Å². The monoisotopic (exact) mass is 264 g/mol. The quantitative estimate of drug-likeness (QED) is 0.613. The van der Waals surface area contributed by atoms with E-state index in [0.29, 0.717) is 12.5 Å². The molecule has 1 aliphatic heterocycles. The maximum atomic E-state index is 9.38. The first-order valence-corrected chi connectivity index (χ1v) is 7.18. The van der Waals surface area contributed by atoms with Gasteiger partial charge in [-0.25, -0.2) is 0 Å². The highest BCUT2D eigenvalue weighted by Gasteiger charge is 2.14. The first-order chi connectivity index (χ1) is 9.24.